The van der Waals surface area contributed by atoms with Crippen LogP contribution in [0.4, 0.5) is 4.39 Å². The van der Waals surface area contributed by atoms with Crippen molar-refractivity contribution < 1.29 is 17.5 Å². The Hall–Kier alpha value is -2.03. The second-order valence-electron chi connectivity index (χ2n) is 9.25. The number of rotatable bonds is 7. The number of benzene rings is 1. The molecule has 2 aromatic rings. The zero-order chi connectivity index (χ0) is 23.6. The van der Waals surface area contributed by atoms with Gasteiger partial charge in [0.25, 0.3) is 5.56 Å². The van der Waals surface area contributed by atoms with Crippen molar-refractivity contribution in [2.24, 2.45) is 0 Å². The second-order valence-corrected chi connectivity index (χ2v) is 11.3. The fraction of sp³-hybridized carbons (Fsp3) is 0.560. The maximum atomic E-state index is 14.2. The number of ether oxygens (including phenoxy) is 1. The van der Waals surface area contributed by atoms with Crippen molar-refractivity contribution in [3.63, 3.8) is 0 Å². The minimum Gasteiger partial charge on any atom is -0.376 e. The van der Waals surface area contributed by atoms with Crippen LogP contribution in [0, 0.1) is 12.7 Å². The van der Waals surface area contributed by atoms with Gasteiger partial charge in [0.1, 0.15) is 5.82 Å². The molecule has 6 nitrogen and oxygen atoms in total. The maximum absolute atomic E-state index is 14.2. The molecule has 0 saturated heterocycles. The van der Waals surface area contributed by atoms with Gasteiger partial charge < -0.3 is 9.30 Å². The minimum absolute atomic E-state index is 0.00723. The van der Waals surface area contributed by atoms with Crippen molar-refractivity contribution in [1.82, 2.24) is 9.29 Å². The van der Waals surface area contributed by atoms with Crippen LogP contribution in [0.1, 0.15) is 67.8 Å². The lowest BCUT2D eigenvalue weighted by atomic mass is 9.82. The first-order valence-electron chi connectivity index (χ1n) is 11.9. The summed E-state index contributed by atoms with van der Waals surface area (Å²) in [5.74, 6) is 0.0319. The first-order valence-corrected chi connectivity index (χ1v) is 13.5. The fourth-order valence-electron chi connectivity index (χ4n) is 5.16. The van der Waals surface area contributed by atoms with Gasteiger partial charge in [-0.05, 0) is 76.0 Å². The number of hydrogen-bond donors (Lipinski definition) is 1. The number of fused-ring (bicyclic) bond motifs is 1. The Morgan fingerprint density at radius 2 is 1.82 bits per heavy atom. The fourth-order valence-corrected chi connectivity index (χ4v) is 6.06. The summed E-state index contributed by atoms with van der Waals surface area (Å²) in [6.45, 7) is 3.65. The van der Waals surface area contributed by atoms with Crippen LogP contribution in [0.5, 0.6) is 0 Å². The Labute approximate surface area is 195 Å². The first-order chi connectivity index (χ1) is 15.8. The quantitative estimate of drug-likeness (QED) is 0.659. The van der Waals surface area contributed by atoms with Crippen molar-refractivity contribution >= 4 is 10.0 Å². The molecule has 0 amide bonds. The molecule has 2 aliphatic rings. The van der Waals surface area contributed by atoms with Gasteiger partial charge in [-0.15, -0.1) is 0 Å². The van der Waals surface area contributed by atoms with Gasteiger partial charge in [0, 0.05) is 17.3 Å². The second kappa shape index (κ2) is 10.1. The molecule has 4 rings (SSSR count). The van der Waals surface area contributed by atoms with Gasteiger partial charge in [0.15, 0.2) is 0 Å². The van der Waals surface area contributed by atoms with Crippen molar-refractivity contribution in [1.29, 1.82) is 0 Å². The van der Waals surface area contributed by atoms with E-state index in [1.807, 2.05) is 24.3 Å². The van der Waals surface area contributed by atoms with Crippen LogP contribution in [0.15, 0.2) is 41.2 Å². The molecule has 1 aliphatic heterocycles. The van der Waals surface area contributed by atoms with E-state index in [2.05, 4.69) is 4.72 Å². The lowest BCUT2D eigenvalue weighted by Crippen LogP contribution is -2.50. The third kappa shape index (κ3) is 5.39. The summed E-state index contributed by atoms with van der Waals surface area (Å²) < 4.78 is 49.6. The average Bonchev–Trinajstić information content (AvgIpc) is 2.81. The number of hydrogen-bond acceptors (Lipinski definition) is 4. The predicted octanol–water partition coefficient (Wildman–Crippen LogP) is 3.83. The van der Waals surface area contributed by atoms with Gasteiger partial charge in [0.2, 0.25) is 10.0 Å². The molecule has 2 heterocycles. The molecule has 8 heteroatoms. The molecule has 0 radical (unpaired) electrons. The highest BCUT2D eigenvalue weighted by molar-refractivity contribution is 7.89. The summed E-state index contributed by atoms with van der Waals surface area (Å²) in [5.41, 5.74) is 2.22. The van der Waals surface area contributed by atoms with Crippen molar-refractivity contribution in [3.8, 4) is 0 Å². The molecule has 33 heavy (non-hydrogen) atoms. The molecular weight excluding hydrogens is 443 g/mol. The van der Waals surface area contributed by atoms with Crippen molar-refractivity contribution in [2.75, 3.05) is 12.4 Å². The summed E-state index contributed by atoms with van der Waals surface area (Å²) in [7, 11) is -3.42. The summed E-state index contributed by atoms with van der Waals surface area (Å²) >= 11 is 0. The molecule has 2 atom stereocenters. The summed E-state index contributed by atoms with van der Waals surface area (Å²) in [6, 6.07) is 9.94. The summed E-state index contributed by atoms with van der Waals surface area (Å²) in [6.07, 6.45) is 4.59. The number of nitrogens with one attached hydrogen (secondary N) is 1. The number of aryl methyl sites for hydroxylation is 2. The summed E-state index contributed by atoms with van der Waals surface area (Å²) in [5, 5.41) is 0. The Morgan fingerprint density at radius 1 is 1.09 bits per heavy atom. The lowest BCUT2D eigenvalue weighted by molar-refractivity contribution is -0.00184. The molecule has 1 aromatic carbocycles. The van der Waals surface area contributed by atoms with Crippen LogP contribution in [0.3, 0.4) is 0 Å². The molecule has 1 aliphatic carbocycles. The van der Waals surface area contributed by atoms with Gasteiger partial charge in [-0.3, -0.25) is 4.79 Å². The molecule has 1 fully saturated rings. The summed E-state index contributed by atoms with van der Waals surface area (Å²) in [4.78, 5) is 13.0. The van der Waals surface area contributed by atoms with E-state index in [0.717, 1.165) is 36.9 Å². The zero-order valence-corrected chi connectivity index (χ0v) is 20.1. The molecule has 180 valence electrons. The van der Waals surface area contributed by atoms with Crippen LogP contribution in [0.2, 0.25) is 0 Å². The van der Waals surface area contributed by atoms with Gasteiger partial charge in [-0.2, -0.15) is 0 Å². The highest BCUT2D eigenvalue weighted by atomic mass is 32.2. The molecule has 0 bridgehead atoms. The highest BCUT2D eigenvalue weighted by Gasteiger charge is 2.34. The zero-order valence-electron chi connectivity index (χ0n) is 19.3. The normalized spacial score (nSPS) is 25.5. The highest BCUT2D eigenvalue weighted by Crippen LogP contribution is 2.36. The number of nitrogens with zero attached hydrogens (tertiary/aromatic N) is 1. The SMILES string of the molecule is CCS(=O)(=O)NC1CCc2ccc(C)c(=O)n2C1COC1CCC(c2ccccc2F)CC1. The third-order valence-electron chi connectivity index (χ3n) is 7.13. The van der Waals surface area contributed by atoms with Crippen LogP contribution in [-0.4, -0.2) is 37.5 Å². The van der Waals surface area contributed by atoms with Crippen molar-refractivity contribution in [3.05, 3.63) is 69.4 Å². The standard InChI is InChI=1S/C25H33FN2O4S/c1-3-33(30,31)27-23-15-12-19-11-8-17(2)25(29)28(19)24(23)16-32-20-13-9-18(10-14-20)21-6-4-5-7-22(21)26/h4-8,11,18,20,23-24,27H,3,9-10,12-16H2,1-2H3. The van der Waals surface area contributed by atoms with Crippen LogP contribution in [0.25, 0.3) is 0 Å². The van der Waals surface area contributed by atoms with Crippen LogP contribution < -0.4 is 10.3 Å². The number of halogens is 1. The molecule has 1 aromatic heterocycles. The van der Waals surface area contributed by atoms with E-state index < -0.39 is 22.1 Å². The molecule has 2 unspecified atom stereocenters. The average molecular weight is 477 g/mol. The van der Waals surface area contributed by atoms with E-state index in [1.54, 1.807) is 24.5 Å². The maximum Gasteiger partial charge on any atom is 0.254 e. The smallest absolute Gasteiger partial charge is 0.254 e. The Kier molecular flexibility index (Phi) is 7.36. The number of pyridine rings is 1. The van der Waals surface area contributed by atoms with E-state index in [9.17, 15) is 17.6 Å². The van der Waals surface area contributed by atoms with E-state index in [0.29, 0.717) is 18.4 Å². The number of aromatic nitrogens is 1. The molecule has 1 N–H and O–H groups in total. The molecule has 1 saturated carbocycles. The third-order valence-corrected chi connectivity index (χ3v) is 8.55. The van der Waals surface area contributed by atoms with E-state index in [4.69, 9.17) is 4.74 Å². The topological polar surface area (TPSA) is 77.4 Å². The van der Waals surface area contributed by atoms with Gasteiger partial charge >= 0.3 is 0 Å². The Bertz CT molecular complexity index is 1140. The Morgan fingerprint density at radius 3 is 2.52 bits per heavy atom. The lowest BCUT2D eigenvalue weighted by Gasteiger charge is -2.37. The van der Waals surface area contributed by atoms with Gasteiger partial charge in [-0.25, -0.2) is 17.5 Å². The van der Waals surface area contributed by atoms with Crippen LogP contribution >= 0.6 is 0 Å². The van der Waals surface area contributed by atoms with E-state index >= 15 is 0 Å². The van der Waals surface area contributed by atoms with E-state index in [-0.39, 0.29) is 35.8 Å². The predicted molar refractivity (Wildman–Crippen MR) is 127 cm³/mol. The monoisotopic (exact) mass is 476 g/mol. The van der Waals surface area contributed by atoms with Crippen LogP contribution in [-0.2, 0) is 21.2 Å². The van der Waals surface area contributed by atoms with Gasteiger partial charge in [0.05, 0.1) is 24.5 Å². The van der Waals surface area contributed by atoms with Crippen molar-refractivity contribution in [2.45, 2.75) is 76.5 Å². The minimum atomic E-state index is -3.42. The largest absolute Gasteiger partial charge is 0.376 e. The first kappa shape index (κ1) is 24.1. The van der Waals surface area contributed by atoms with E-state index in [1.165, 1.54) is 6.07 Å². The number of sulfonamides is 1. The van der Waals surface area contributed by atoms with Gasteiger partial charge in [-0.1, -0.05) is 24.3 Å². The Balaban J connectivity index is 1.47. The molecule has 0 spiro atoms. The molecular formula is C25H33FN2O4S.